The van der Waals surface area contributed by atoms with Crippen molar-refractivity contribution in [1.82, 2.24) is 5.32 Å². The number of rotatable bonds is 9. The molecule has 1 amide bonds. The van der Waals surface area contributed by atoms with Crippen molar-refractivity contribution in [2.24, 2.45) is 11.7 Å². The smallest absolute Gasteiger partial charge is 0.220 e. The van der Waals surface area contributed by atoms with Crippen molar-refractivity contribution in [3.8, 4) is 0 Å². The van der Waals surface area contributed by atoms with Crippen LogP contribution in [0.5, 0.6) is 0 Å². The standard InChI is InChI=1S/C12H26N2O2/c1-4-16-7-5-6-12(15)14-11(9-13)8-10(2)3/h10-11H,4-9,13H2,1-3H3,(H,14,15). The molecule has 4 nitrogen and oxygen atoms in total. The first-order valence-corrected chi connectivity index (χ1v) is 6.17. The van der Waals surface area contributed by atoms with Crippen molar-refractivity contribution in [1.29, 1.82) is 0 Å². The van der Waals surface area contributed by atoms with Gasteiger partial charge in [-0.1, -0.05) is 13.8 Å². The summed E-state index contributed by atoms with van der Waals surface area (Å²) >= 11 is 0. The van der Waals surface area contributed by atoms with Gasteiger partial charge in [0.2, 0.25) is 5.91 Å². The molecule has 1 atom stereocenters. The monoisotopic (exact) mass is 230 g/mol. The van der Waals surface area contributed by atoms with Gasteiger partial charge in [0.15, 0.2) is 0 Å². The lowest BCUT2D eigenvalue weighted by atomic mass is 10.0. The van der Waals surface area contributed by atoms with Gasteiger partial charge in [-0.3, -0.25) is 4.79 Å². The summed E-state index contributed by atoms with van der Waals surface area (Å²) in [7, 11) is 0. The van der Waals surface area contributed by atoms with Crippen LogP contribution >= 0.6 is 0 Å². The molecular weight excluding hydrogens is 204 g/mol. The zero-order chi connectivity index (χ0) is 12.4. The lowest BCUT2D eigenvalue weighted by Crippen LogP contribution is -2.41. The van der Waals surface area contributed by atoms with E-state index in [1.54, 1.807) is 0 Å². The van der Waals surface area contributed by atoms with Crippen LogP contribution in [-0.4, -0.2) is 31.7 Å². The molecule has 0 saturated carbocycles. The summed E-state index contributed by atoms with van der Waals surface area (Å²) < 4.78 is 5.18. The molecular formula is C12H26N2O2. The Morgan fingerprint density at radius 3 is 2.62 bits per heavy atom. The van der Waals surface area contributed by atoms with Crippen LogP contribution in [0.2, 0.25) is 0 Å². The first kappa shape index (κ1) is 15.4. The number of hydrogen-bond donors (Lipinski definition) is 2. The lowest BCUT2D eigenvalue weighted by Gasteiger charge is -2.18. The summed E-state index contributed by atoms with van der Waals surface area (Å²) in [6.07, 6.45) is 2.24. The minimum Gasteiger partial charge on any atom is -0.382 e. The summed E-state index contributed by atoms with van der Waals surface area (Å²) in [6, 6.07) is 0.111. The van der Waals surface area contributed by atoms with Crippen LogP contribution in [0.1, 0.15) is 40.0 Å². The summed E-state index contributed by atoms with van der Waals surface area (Å²) in [5.74, 6) is 0.632. The Kier molecular flexibility index (Phi) is 9.24. The molecule has 1 unspecified atom stereocenters. The molecule has 0 radical (unpaired) electrons. The second kappa shape index (κ2) is 9.60. The summed E-state index contributed by atoms with van der Waals surface area (Å²) in [5.41, 5.74) is 5.61. The Morgan fingerprint density at radius 2 is 2.12 bits per heavy atom. The van der Waals surface area contributed by atoms with Gasteiger partial charge in [0, 0.05) is 32.2 Å². The number of hydrogen-bond acceptors (Lipinski definition) is 3. The second-order valence-corrected chi connectivity index (χ2v) is 4.43. The van der Waals surface area contributed by atoms with E-state index in [2.05, 4.69) is 19.2 Å². The van der Waals surface area contributed by atoms with Gasteiger partial charge in [-0.25, -0.2) is 0 Å². The van der Waals surface area contributed by atoms with Crippen molar-refractivity contribution in [3.05, 3.63) is 0 Å². The Morgan fingerprint density at radius 1 is 1.44 bits per heavy atom. The third kappa shape index (κ3) is 8.68. The van der Waals surface area contributed by atoms with E-state index in [4.69, 9.17) is 10.5 Å². The molecule has 16 heavy (non-hydrogen) atoms. The first-order chi connectivity index (χ1) is 7.60. The largest absolute Gasteiger partial charge is 0.382 e. The summed E-state index contributed by atoms with van der Waals surface area (Å²) in [5, 5.41) is 2.96. The number of nitrogens with one attached hydrogen (secondary N) is 1. The average molecular weight is 230 g/mol. The van der Waals surface area contributed by atoms with Gasteiger partial charge in [0.25, 0.3) is 0 Å². The predicted octanol–water partition coefficient (Wildman–Crippen LogP) is 1.29. The van der Waals surface area contributed by atoms with Crippen LogP contribution < -0.4 is 11.1 Å². The molecule has 0 aromatic heterocycles. The van der Waals surface area contributed by atoms with E-state index in [0.717, 1.165) is 12.8 Å². The van der Waals surface area contributed by atoms with Crippen molar-refractivity contribution >= 4 is 5.91 Å². The molecule has 0 aliphatic carbocycles. The topological polar surface area (TPSA) is 64.3 Å². The minimum absolute atomic E-state index is 0.0794. The van der Waals surface area contributed by atoms with E-state index >= 15 is 0 Å². The predicted molar refractivity (Wildman–Crippen MR) is 66.2 cm³/mol. The molecule has 3 N–H and O–H groups in total. The van der Waals surface area contributed by atoms with Gasteiger partial charge in [-0.15, -0.1) is 0 Å². The highest BCUT2D eigenvalue weighted by Gasteiger charge is 2.11. The maximum absolute atomic E-state index is 11.5. The molecule has 96 valence electrons. The fourth-order valence-electron chi connectivity index (χ4n) is 1.56. The Hall–Kier alpha value is -0.610. The quantitative estimate of drug-likeness (QED) is 0.587. The Bertz CT molecular complexity index is 184. The third-order valence-corrected chi connectivity index (χ3v) is 2.30. The van der Waals surface area contributed by atoms with E-state index in [0.29, 0.717) is 32.1 Å². The van der Waals surface area contributed by atoms with E-state index in [-0.39, 0.29) is 11.9 Å². The van der Waals surface area contributed by atoms with Crippen molar-refractivity contribution in [2.45, 2.75) is 46.1 Å². The zero-order valence-electron chi connectivity index (χ0n) is 10.8. The van der Waals surface area contributed by atoms with Crippen LogP contribution in [0.15, 0.2) is 0 Å². The van der Waals surface area contributed by atoms with Crippen LogP contribution in [0.25, 0.3) is 0 Å². The molecule has 0 aliphatic rings. The van der Waals surface area contributed by atoms with Crippen molar-refractivity contribution < 1.29 is 9.53 Å². The van der Waals surface area contributed by atoms with Crippen molar-refractivity contribution in [2.75, 3.05) is 19.8 Å². The van der Waals surface area contributed by atoms with E-state index < -0.39 is 0 Å². The fourth-order valence-corrected chi connectivity index (χ4v) is 1.56. The van der Waals surface area contributed by atoms with Crippen LogP contribution in [0.3, 0.4) is 0 Å². The number of carbonyl (C=O) groups is 1. The zero-order valence-corrected chi connectivity index (χ0v) is 10.8. The summed E-state index contributed by atoms with van der Waals surface area (Å²) in [4.78, 5) is 11.5. The molecule has 0 rings (SSSR count). The second-order valence-electron chi connectivity index (χ2n) is 4.43. The van der Waals surface area contributed by atoms with Crippen LogP contribution in [-0.2, 0) is 9.53 Å². The van der Waals surface area contributed by atoms with E-state index in [9.17, 15) is 4.79 Å². The average Bonchev–Trinajstić information content (AvgIpc) is 2.23. The van der Waals surface area contributed by atoms with E-state index in [1.807, 2.05) is 6.92 Å². The normalized spacial score (nSPS) is 12.8. The first-order valence-electron chi connectivity index (χ1n) is 6.17. The molecule has 0 fully saturated rings. The minimum atomic E-state index is 0.0794. The molecule has 4 heteroatoms. The molecule has 0 bridgehead atoms. The highest BCUT2D eigenvalue weighted by Crippen LogP contribution is 2.04. The highest BCUT2D eigenvalue weighted by molar-refractivity contribution is 5.76. The number of amides is 1. The third-order valence-electron chi connectivity index (χ3n) is 2.30. The Balaban J connectivity index is 3.66. The summed E-state index contributed by atoms with van der Waals surface area (Å²) in [6.45, 7) is 8.08. The molecule has 0 aromatic rings. The molecule has 0 aromatic carbocycles. The fraction of sp³-hybridized carbons (Fsp3) is 0.917. The van der Waals surface area contributed by atoms with Gasteiger partial charge in [-0.2, -0.15) is 0 Å². The maximum atomic E-state index is 11.5. The molecule has 0 spiro atoms. The van der Waals surface area contributed by atoms with Gasteiger partial charge < -0.3 is 15.8 Å². The van der Waals surface area contributed by atoms with Gasteiger partial charge in [-0.05, 0) is 25.7 Å². The number of ether oxygens (including phenoxy) is 1. The van der Waals surface area contributed by atoms with Gasteiger partial charge >= 0.3 is 0 Å². The van der Waals surface area contributed by atoms with Crippen LogP contribution in [0, 0.1) is 5.92 Å². The lowest BCUT2D eigenvalue weighted by molar-refractivity contribution is -0.122. The number of nitrogens with two attached hydrogens (primary N) is 1. The highest BCUT2D eigenvalue weighted by atomic mass is 16.5. The molecule has 0 saturated heterocycles. The molecule has 0 aliphatic heterocycles. The maximum Gasteiger partial charge on any atom is 0.220 e. The number of carbonyl (C=O) groups excluding carboxylic acids is 1. The van der Waals surface area contributed by atoms with Gasteiger partial charge in [0.05, 0.1) is 0 Å². The Labute approximate surface area is 98.9 Å². The van der Waals surface area contributed by atoms with Crippen LogP contribution in [0.4, 0.5) is 0 Å². The van der Waals surface area contributed by atoms with E-state index in [1.165, 1.54) is 0 Å². The van der Waals surface area contributed by atoms with Crippen molar-refractivity contribution in [3.63, 3.8) is 0 Å². The molecule has 0 heterocycles. The van der Waals surface area contributed by atoms with Gasteiger partial charge in [0.1, 0.15) is 0 Å². The SMILES string of the molecule is CCOCCCC(=O)NC(CN)CC(C)C.